The van der Waals surface area contributed by atoms with Crippen molar-refractivity contribution in [1.82, 2.24) is 15.2 Å². The number of nitrogens with zero attached hydrogens (tertiary/aromatic N) is 2. The summed E-state index contributed by atoms with van der Waals surface area (Å²) >= 11 is 5.60. The largest absolute Gasteiger partial charge is 0.376 e. The Hall–Kier alpha value is -1.20. The number of ether oxygens (including phenoxy) is 1. The number of rotatable bonds is 6. The third kappa shape index (κ3) is 5.25. The van der Waals surface area contributed by atoms with Gasteiger partial charge in [0.05, 0.1) is 6.10 Å². The van der Waals surface area contributed by atoms with Crippen LogP contribution >= 0.6 is 12.2 Å². The average molecular weight is 307 g/mol. The van der Waals surface area contributed by atoms with E-state index in [1.807, 2.05) is 24.5 Å². The minimum Gasteiger partial charge on any atom is -0.376 e. The third-order valence-corrected chi connectivity index (χ3v) is 4.22. The van der Waals surface area contributed by atoms with Gasteiger partial charge in [0.2, 0.25) is 0 Å². The standard InChI is InChI=1S/C16H25N3OS/c1-3-13(2)18-16(21)19(12-15-5-4-10-20-15)11-14-6-8-17-9-7-14/h6-9,13,15H,3-5,10-12H2,1-2H3,(H,18,21)/t13-,15-/m0/s1. The highest BCUT2D eigenvalue weighted by atomic mass is 32.1. The molecule has 21 heavy (non-hydrogen) atoms. The molecular formula is C16H25N3OS. The fourth-order valence-corrected chi connectivity index (χ4v) is 2.71. The van der Waals surface area contributed by atoms with Gasteiger partial charge >= 0.3 is 0 Å². The summed E-state index contributed by atoms with van der Waals surface area (Å²) in [7, 11) is 0. The van der Waals surface area contributed by atoms with Crippen LogP contribution in [0.1, 0.15) is 38.7 Å². The molecule has 1 aromatic heterocycles. The molecule has 4 nitrogen and oxygen atoms in total. The molecule has 1 N–H and O–H groups in total. The van der Waals surface area contributed by atoms with E-state index in [9.17, 15) is 0 Å². The predicted molar refractivity (Wildman–Crippen MR) is 89.1 cm³/mol. The lowest BCUT2D eigenvalue weighted by Crippen LogP contribution is -2.45. The van der Waals surface area contributed by atoms with Gasteiger partial charge in [0, 0.05) is 38.1 Å². The third-order valence-electron chi connectivity index (χ3n) is 3.84. The van der Waals surface area contributed by atoms with Crippen LogP contribution in [0.15, 0.2) is 24.5 Å². The Kier molecular flexibility index (Phi) is 6.39. The van der Waals surface area contributed by atoms with Crippen molar-refractivity contribution in [2.24, 2.45) is 0 Å². The molecule has 1 fully saturated rings. The number of hydrogen-bond donors (Lipinski definition) is 1. The highest BCUT2D eigenvalue weighted by Gasteiger charge is 2.21. The molecule has 0 spiro atoms. The average Bonchev–Trinajstić information content (AvgIpc) is 3.00. The molecule has 2 heterocycles. The SMILES string of the molecule is CC[C@H](C)NC(=S)N(Cc1ccncc1)C[C@@H]1CCCO1. The van der Waals surface area contributed by atoms with Gasteiger partial charge in [0.25, 0.3) is 0 Å². The maximum absolute atomic E-state index is 5.76. The van der Waals surface area contributed by atoms with Gasteiger partial charge in [-0.1, -0.05) is 6.92 Å². The van der Waals surface area contributed by atoms with E-state index in [0.717, 1.165) is 44.1 Å². The number of thiocarbonyl (C=S) groups is 1. The second-order valence-corrected chi connectivity index (χ2v) is 6.02. The molecule has 1 saturated heterocycles. The molecule has 0 bridgehead atoms. The highest BCUT2D eigenvalue weighted by molar-refractivity contribution is 7.80. The van der Waals surface area contributed by atoms with E-state index in [1.54, 1.807) is 0 Å². The van der Waals surface area contributed by atoms with Crippen LogP contribution in [0.2, 0.25) is 0 Å². The Balaban J connectivity index is 2.00. The van der Waals surface area contributed by atoms with E-state index >= 15 is 0 Å². The van der Waals surface area contributed by atoms with E-state index < -0.39 is 0 Å². The zero-order valence-corrected chi connectivity index (χ0v) is 13.7. The summed E-state index contributed by atoms with van der Waals surface area (Å²) in [6.07, 6.45) is 7.28. The molecule has 2 rings (SSSR count). The molecular weight excluding hydrogens is 282 g/mol. The van der Waals surface area contributed by atoms with Crippen LogP contribution in [-0.2, 0) is 11.3 Å². The number of pyridine rings is 1. The normalized spacial score (nSPS) is 19.2. The van der Waals surface area contributed by atoms with E-state index in [2.05, 4.69) is 29.0 Å². The first kappa shape index (κ1) is 16.2. The lowest BCUT2D eigenvalue weighted by atomic mass is 10.2. The zero-order chi connectivity index (χ0) is 15.1. The molecule has 0 aliphatic carbocycles. The maximum Gasteiger partial charge on any atom is 0.169 e. The molecule has 0 radical (unpaired) electrons. The summed E-state index contributed by atoms with van der Waals surface area (Å²) in [5, 5.41) is 4.23. The Morgan fingerprint density at radius 1 is 1.52 bits per heavy atom. The van der Waals surface area contributed by atoms with Gasteiger partial charge in [0.1, 0.15) is 0 Å². The molecule has 116 valence electrons. The minimum absolute atomic E-state index is 0.295. The van der Waals surface area contributed by atoms with Gasteiger partial charge < -0.3 is 15.0 Å². The molecule has 0 unspecified atom stereocenters. The molecule has 0 amide bonds. The lowest BCUT2D eigenvalue weighted by molar-refractivity contribution is 0.0896. The molecule has 1 aliphatic rings. The van der Waals surface area contributed by atoms with Crippen molar-refractivity contribution in [3.63, 3.8) is 0 Å². The first-order valence-electron chi connectivity index (χ1n) is 7.75. The number of hydrogen-bond acceptors (Lipinski definition) is 3. The molecule has 0 aromatic carbocycles. The summed E-state index contributed by atoms with van der Waals surface area (Å²) in [5.41, 5.74) is 1.22. The van der Waals surface area contributed by atoms with Crippen LogP contribution < -0.4 is 5.32 Å². The Morgan fingerprint density at radius 3 is 2.90 bits per heavy atom. The molecule has 1 aromatic rings. The monoisotopic (exact) mass is 307 g/mol. The van der Waals surface area contributed by atoms with Gasteiger partial charge in [-0.2, -0.15) is 0 Å². The van der Waals surface area contributed by atoms with Gasteiger partial charge in [-0.15, -0.1) is 0 Å². The summed E-state index contributed by atoms with van der Waals surface area (Å²) in [6, 6.07) is 4.46. The summed E-state index contributed by atoms with van der Waals surface area (Å²) in [6.45, 7) is 6.84. The van der Waals surface area contributed by atoms with Crippen molar-refractivity contribution < 1.29 is 4.74 Å². The van der Waals surface area contributed by atoms with Crippen molar-refractivity contribution in [2.75, 3.05) is 13.2 Å². The van der Waals surface area contributed by atoms with Crippen LogP contribution in [0.25, 0.3) is 0 Å². The quantitative estimate of drug-likeness (QED) is 0.818. The first-order chi connectivity index (χ1) is 10.2. The lowest BCUT2D eigenvalue weighted by Gasteiger charge is -2.30. The fraction of sp³-hybridized carbons (Fsp3) is 0.625. The zero-order valence-electron chi connectivity index (χ0n) is 12.9. The van der Waals surface area contributed by atoms with Gasteiger partial charge in [-0.25, -0.2) is 0 Å². The minimum atomic E-state index is 0.295. The van der Waals surface area contributed by atoms with Crippen molar-refractivity contribution in [3.05, 3.63) is 30.1 Å². The Labute approximate surface area is 132 Å². The van der Waals surface area contributed by atoms with Crippen LogP contribution in [0.5, 0.6) is 0 Å². The number of nitrogens with one attached hydrogen (secondary N) is 1. The van der Waals surface area contributed by atoms with Crippen molar-refractivity contribution >= 4 is 17.3 Å². The topological polar surface area (TPSA) is 37.4 Å². The Bertz CT molecular complexity index is 434. The van der Waals surface area contributed by atoms with E-state index in [1.165, 1.54) is 5.56 Å². The van der Waals surface area contributed by atoms with Gasteiger partial charge in [-0.3, -0.25) is 4.98 Å². The van der Waals surface area contributed by atoms with Crippen LogP contribution in [0, 0.1) is 0 Å². The molecule has 1 aliphatic heterocycles. The van der Waals surface area contributed by atoms with Crippen molar-refractivity contribution in [2.45, 2.75) is 51.8 Å². The van der Waals surface area contributed by atoms with Crippen molar-refractivity contribution in [3.8, 4) is 0 Å². The van der Waals surface area contributed by atoms with Crippen LogP contribution in [-0.4, -0.2) is 40.3 Å². The summed E-state index contributed by atoms with van der Waals surface area (Å²) < 4.78 is 5.76. The van der Waals surface area contributed by atoms with Crippen molar-refractivity contribution in [1.29, 1.82) is 0 Å². The second-order valence-electron chi connectivity index (χ2n) is 5.63. The van der Waals surface area contributed by atoms with Crippen LogP contribution in [0.3, 0.4) is 0 Å². The maximum atomic E-state index is 5.76. The molecule has 5 heteroatoms. The van der Waals surface area contributed by atoms with Crippen LogP contribution in [0.4, 0.5) is 0 Å². The summed E-state index contributed by atoms with van der Waals surface area (Å²) in [5.74, 6) is 0. The number of aromatic nitrogens is 1. The predicted octanol–water partition coefficient (Wildman–Crippen LogP) is 2.74. The van der Waals surface area contributed by atoms with Gasteiger partial charge in [0.15, 0.2) is 5.11 Å². The molecule has 0 saturated carbocycles. The van der Waals surface area contributed by atoms with E-state index in [0.29, 0.717) is 12.1 Å². The fourth-order valence-electron chi connectivity index (χ4n) is 2.37. The summed E-state index contributed by atoms with van der Waals surface area (Å²) in [4.78, 5) is 6.29. The van der Waals surface area contributed by atoms with E-state index in [4.69, 9.17) is 17.0 Å². The van der Waals surface area contributed by atoms with E-state index in [-0.39, 0.29) is 0 Å². The highest BCUT2D eigenvalue weighted by Crippen LogP contribution is 2.15. The van der Waals surface area contributed by atoms with Gasteiger partial charge in [-0.05, 0) is 56.1 Å². The second kappa shape index (κ2) is 8.29. The smallest absolute Gasteiger partial charge is 0.169 e. The molecule has 2 atom stereocenters. The Morgan fingerprint density at radius 2 is 2.29 bits per heavy atom. The first-order valence-corrected chi connectivity index (χ1v) is 8.15.